The minimum Gasteiger partial charge on any atom is -0.461 e. The highest BCUT2D eigenvalue weighted by molar-refractivity contribution is 5.90. The van der Waals surface area contributed by atoms with Gasteiger partial charge >= 0.3 is 5.97 Å². The number of aromatic nitrogens is 2. The molecule has 0 aliphatic rings. The molecule has 0 bridgehead atoms. The highest BCUT2D eigenvalue weighted by atomic mass is 19.1. The van der Waals surface area contributed by atoms with Crippen molar-refractivity contribution in [1.82, 2.24) is 9.78 Å². The summed E-state index contributed by atoms with van der Waals surface area (Å²) in [5.41, 5.74) is 7.07. The van der Waals surface area contributed by atoms with Gasteiger partial charge in [-0.15, -0.1) is 0 Å². The molecule has 20 heavy (non-hydrogen) atoms. The Balaban J connectivity index is 2.32. The van der Waals surface area contributed by atoms with Crippen LogP contribution in [0.25, 0.3) is 0 Å². The number of rotatable bonds is 4. The Hall–Kier alpha value is -2.37. The largest absolute Gasteiger partial charge is 0.461 e. The second kappa shape index (κ2) is 5.73. The van der Waals surface area contributed by atoms with Crippen LogP contribution >= 0.6 is 0 Å². The average Bonchev–Trinajstić information content (AvgIpc) is 2.70. The number of ether oxygens (including phenoxy) is 1. The van der Waals surface area contributed by atoms with Crippen LogP contribution in [-0.4, -0.2) is 22.4 Å². The normalized spacial score (nSPS) is 10.6. The number of hydrogen-bond donors (Lipinski definition) is 1. The number of halogens is 1. The second-order valence-corrected chi connectivity index (χ2v) is 4.33. The van der Waals surface area contributed by atoms with Crippen molar-refractivity contribution in [2.45, 2.75) is 20.4 Å². The van der Waals surface area contributed by atoms with Crippen LogP contribution < -0.4 is 5.73 Å². The van der Waals surface area contributed by atoms with E-state index in [0.29, 0.717) is 16.9 Å². The monoisotopic (exact) mass is 277 g/mol. The lowest BCUT2D eigenvalue weighted by atomic mass is 10.2. The Morgan fingerprint density at radius 1 is 1.45 bits per heavy atom. The Labute approximate surface area is 116 Å². The summed E-state index contributed by atoms with van der Waals surface area (Å²) >= 11 is 0. The van der Waals surface area contributed by atoms with E-state index >= 15 is 0 Å². The molecule has 0 saturated heterocycles. The van der Waals surface area contributed by atoms with E-state index in [-0.39, 0.29) is 24.7 Å². The summed E-state index contributed by atoms with van der Waals surface area (Å²) in [5, 5.41) is 4.11. The summed E-state index contributed by atoms with van der Waals surface area (Å²) in [6.45, 7) is 3.83. The second-order valence-electron chi connectivity index (χ2n) is 4.33. The molecule has 0 atom stereocenters. The third-order valence-electron chi connectivity index (χ3n) is 2.98. The van der Waals surface area contributed by atoms with Crippen molar-refractivity contribution in [2.75, 3.05) is 12.3 Å². The SMILES string of the molecule is CCOC(=O)c1nn(Cc2ccccc2F)c(N)c1C. The number of esters is 1. The van der Waals surface area contributed by atoms with Crippen LogP contribution in [-0.2, 0) is 11.3 Å². The van der Waals surface area contributed by atoms with E-state index in [4.69, 9.17) is 10.5 Å². The fraction of sp³-hybridized carbons (Fsp3) is 0.286. The molecule has 1 heterocycles. The molecular weight excluding hydrogens is 261 g/mol. The quantitative estimate of drug-likeness (QED) is 0.869. The number of nitrogen functional groups attached to an aromatic ring is 1. The van der Waals surface area contributed by atoms with Crippen molar-refractivity contribution in [2.24, 2.45) is 0 Å². The van der Waals surface area contributed by atoms with Gasteiger partial charge in [-0.25, -0.2) is 13.9 Å². The van der Waals surface area contributed by atoms with E-state index < -0.39 is 5.97 Å². The van der Waals surface area contributed by atoms with Crippen LogP contribution in [0.5, 0.6) is 0 Å². The molecule has 0 unspecified atom stereocenters. The van der Waals surface area contributed by atoms with Crippen LogP contribution in [0.15, 0.2) is 24.3 Å². The van der Waals surface area contributed by atoms with Gasteiger partial charge in [0.1, 0.15) is 11.6 Å². The Morgan fingerprint density at radius 2 is 2.15 bits per heavy atom. The topological polar surface area (TPSA) is 70.1 Å². The van der Waals surface area contributed by atoms with Crippen molar-refractivity contribution < 1.29 is 13.9 Å². The third-order valence-corrected chi connectivity index (χ3v) is 2.98. The first-order valence-electron chi connectivity index (χ1n) is 6.28. The number of benzene rings is 1. The summed E-state index contributed by atoms with van der Waals surface area (Å²) < 4.78 is 19.9. The molecule has 6 heteroatoms. The minimum atomic E-state index is -0.524. The molecular formula is C14H16FN3O2. The lowest BCUT2D eigenvalue weighted by Gasteiger charge is -2.05. The number of carbonyl (C=O) groups is 1. The molecule has 0 aliphatic carbocycles. The van der Waals surface area contributed by atoms with Crippen molar-refractivity contribution in [3.05, 3.63) is 46.9 Å². The molecule has 0 radical (unpaired) electrons. The summed E-state index contributed by atoms with van der Waals surface area (Å²) in [6, 6.07) is 6.36. The van der Waals surface area contributed by atoms with Gasteiger partial charge in [0, 0.05) is 11.1 Å². The van der Waals surface area contributed by atoms with E-state index in [1.165, 1.54) is 10.7 Å². The molecule has 106 valence electrons. The molecule has 0 spiro atoms. The molecule has 0 saturated carbocycles. The fourth-order valence-electron chi connectivity index (χ4n) is 1.87. The zero-order valence-corrected chi connectivity index (χ0v) is 11.4. The highest BCUT2D eigenvalue weighted by Crippen LogP contribution is 2.18. The molecule has 5 nitrogen and oxygen atoms in total. The molecule has 2 aromatic rings. The van der Waals surface area contributed by atoms with Gasteiger partial charge in [-0.1, -0.05) is 18.2 Å². The molecule has 0 fully saturated rings. The maximum atomic E-state index is 13.6. The summed E-state index contributed by atoms with van der Waals surface area (Å²) in [6.07, 6.45) is 0. The number of anilines is 1. The smallest absolute Gasteiger partial charge is 0.359 e. The summed E-state index contributed by atoms with van der Waals surface area (Å²) in [7, 11) is 0. The summed E-state index contributed by atoms with van der Waals surface area (Å²) in [5.74, 6) is -0.530. The molecule has 2 N–H and O–H groups in total. The lowest BCUT2D eigenvalue weighted by molar-refractivity contribution is 0.0517. The Morgan fingerprint density at radius 3 is 2.80 bits per heavy atom. The molecule has 2 rings (SSSR count). The fourth-order valence-corrected chi connectivity index (χ4v) is 1.87. The highest BCUT2D eigenvalue weighted by Gasteiger charge is 2.19. The van der Waals surface area contributed by atoms with Crippen LogP contribution in [0, 0.1) is 12.7 Å². The van der Waals surface area contributed by atoms with E-state index in [1.807, 2.05) is 0 Å². The van der Waals surface area contributed by atoms with Crippen molar-refractivity contribution in [3.63, 3.8) is 0 Å². The van der Waals surface area contributed by atoms with E-state index in [9.17, 15) is 9.18 Å². The van der Waals surface area contributed by atoms with Crippen molar-refractivity contribution >= 4 is 11.8 Å². The number of carbonyl (C=O) groups excluding carboxylic acids is 1. The van der Waals surface area contributed by atoms with Crippen LogP contribution in [0.2, 0.25) is 0 Å². The number of hydrogen-bond acceptors (Lipinski definition) is 4. The number of nitrogens with zero attached hydrogens (tertiary/aromatic N) is 2. The van der Waals surface area contributed by atoms with Gasteiger partial charge in [0.2, 0.25) is 0 Å². The van der Waals surface area contributed by atoms with Crippen LogP contribution in [0.3, 0.4) is 0 Å². The third kappa shape index (κ3) is 2.64. The minimum absolute atomic E-state index is 0.165. The zero-order chi connectivity index (χ0) is 14.7. The van der Waals surface area contributed by atoms with Gasteiger partial charge in [-0.3, -0.25) is 0 Å². The van der Waals surface area contributed by atoms with Crippen LogP contribution in [0.4, 0.5) is 10.2 Å². The molecule has 1 aromatic heterocycles. The molecule has 0 aliphatic heterocycles. The maximum Gasteiger partial charge on any atom is 0.359 e. The van der Waals surface area contributed by atoms with Gasteiger partial charge in [0.05, 0.1) is 13.2 Å². The first-order chi connectivity index (χ1) is 9.54. The van der Waals surface area contributed by atoms with E-state index in [2.05, 4.69) is 5.10 Å². The zero-order valence-electron chi connectivity index (χ0n) is 11.4. The van der Waals surface area contributed by atoms with Gasteiger partial charge in [0.15, 0.2) is 5.69 Å². The van der Waals surface area contributed by atoms with Crippen LogP contribution in [0.1, 0.15) is 28.5 Å². The van der Waals surface area contributed by atoms with Gasteiger partial charge in [0.25, 0.3) is 0 Å². The first-order valence-corrected chi connectivity index (χ1v) is 6.28. The Bertz CT molecular complexity index is 637. The predicted octanol–water partition coefficient (Wildman–Crippen LogP) is 2.14. The predicted molar refractivity (Wildman–Crippen MR) is 72.8 cm³/mol. The molecule has 1 aromatic carbocycles. The van der Waals surface area contributed by atoms with Crippen molar-refractivity contribution in [3.8, 4) is 0 Å². The van der Waals surface area contributed by atoms with Gasteiger partial charge in [-0.2, -0.15) is 5.10 Å². The number of nitrogens with two attached hydrogens (primary N) is 1. The first kappa shape index (κ1) is 14.0. The maximum absolute atomic E-state index is 13.6. The standard InChI is InChI=1S/C14H16FN3O2/c1-3-20-14(19)12-9(2)13(16)18(17-12)8-10-6-4-5-7-11(10)15/h4-7H,3,8,16H2,1-2H3. The molecule has 0 amide bonds. The van der Waals surface area contributed by atoms with Gasteiger partial charge in [-0.05, 0) is 19.9 Å². The van der Waals surface area contributed by atoms with Gasteiger partial charge < -0.3 is 10.5 Å². The van der Waals surface area contributed by atoms with E-state index in [0.717, 1.165) is 0 Å². The summed E-state index contributed by atoms with van der Waals surface area (Å²) in [4.78, 5) is 11.7. The lowest BCUT2D eigenvalue weighted by Crippen LogP contribution is -2.09. The average molecular weight is 277 g/mol. The Kier molecular flexibility index (Phi) is 4.02. The van der Waals surface area contributed by atoms with Crippen molar-refractivity contribution in [1.29, 1.82) is 0 Å². The van der Waals surface area contributed by atoms with E-state index in [1.54, 1.807) is 32.0 Å².